The Hall–Kier alpha value is -1.97. The van der Waals surface area contributed by atoms with Crippen LogP contribution >= 0.6 is 0 Å². The Morgan fingerprint density at radius 2 is 2.25 bits per heavy atom. The van der Waals surface area contributed by atoms with E-state index in [1.54, 1.807) is 7.11 Å². The number of benzene rings is 1. The van der Waals surface area contributed by atoms with Crippen molar-refractivity contribution in [3.05, 3.63) is 29.5 Å². The highest BCUT2D eigenvalue weighted by atomic mass is 16.5. The van der Waals surface area contributed by atoms with Crippen LogP contribution in [0.2, 0.25) is 0 Å². The molecule has 1 heterocycles. The van der Waals surface area contributed by atoms with Crippen molar-refractivity contribution in [3.8, 4) is 5.75 Å². The SMILES string of the molecule is COc1ccc2oc(C)c(CCNC(=O)C3CC3)c2c1. The monoisotopic (exact) mass is 273 g/mol. The normalized spacial score (nSPS) is 14.5. The van der Waals surface area contributed by atoms with Gasteiger partial charge in [0, 0.05) is 23.4 Å². The zero-order valence-electron chi connectivity index (χ0n) is 11.9. The average molecular weight is 273 g/mol. The van der Waals surface area contributed by atoms with Crippen molar-refractivity contribution in [2.24, 2.45) is 5.92 Å². The number of nitrogens with one attached hydrogen (secondary N) is 1. The number of methoxy groups -OCH3 is 1. The molecule has 1 aliphatic carbocycles. The smallest absolute Gasteiger partial charge is 0.223 e. The van der Waals surface area contributed by atoms with Crippen molar-refractivity contribution in [3.63, 3.8) is 0 Å². The van der Waals surface area contributed by atoms with Crippen molar-refractivity contribution in [2.75, 3.05) is 13.7 Å². The molecule has 0 bridgehead atoms. The Morgan fingerprint density at radius 1 is 1.45 bits per heavy atom. The van der Waals surface area contributed by atoms with Crippen molar-refractivity contribution in [1.82, 2.24) is 5.32 Å². The van der Waals surface area contributed by atoms with Gasteiger partial charge in [0.2, 0.25) is 5.91 Å². The number of carbonyl (C=O) groups excluding carboxylic acids is 1. The number of hydrogen-bond acceptors (Lipinski definition) is 3. The minimum atomic E-state index is 0.188. The molecule has 1 fully saturated rings. The lowest BCUT2D eigenvalue weighted by atomic mass is 10.1. The fourth-order valence-corrected chi connectivity index (χ4v) is 2.49. The lowest BCUT2D eigenvalue weighted by Gasteiger charge is -2.04. The van der Waals surface area contributed by atoms with E-state index in [1.165, 1.54) is 0 Å². The van der Waals surface area contributed by atoms with E-state index < -0.39 is 0 Å². The number of aryl methyl sites for hydroxylation is 1. The van der Waals surface area contributed by atoms with Crippen LogP contribution < -0.4 is 10.1 Å². The molecule has 0 atom stereocenters. The first-order valence-electron chi connectivity index (χ1n) is 7.03. The number of fused-ring (bicyclic) bond motifs is 1. The molecule has 0 radical (unpaired) electrons. The van der Waals surface area contributed by atoms with Gasteiger partial charge in [-0.3, -0.25) is 4.79 Å². The maximum atomic E-state index is 11.6. The van der Waals surface area contributed by atoms with E-state index in [9.17, 15) is 4.79 Å². The van der Waals surface area contributed by atoms with Gasteiger partial charge < -0.3 is 14.5 Å². The van der Waals surface area contributed by atoms with Crippen LogP contribution in [0.5, 0.6) is 5.75 Å². The molecule has 4 heteroatoms. The van der Waals surface area contributed by atoms with Crippen LogP contribution in [-0.4, -0.2) is 19.6 Å². The molecule has 3 rings (SSSR count). The van der Waals surface area contributed by atoms with E-state index >= 15 is 0 Å². The number of carbonyl (C=O) groups is 1. The second kappa shape index (κ2) is 5.19. The minimum Gasteiger partial charge on any atom is -0.497 e. The summed E-state index contributed by atoms with van der Waals surface area (Å²) in [6.45, 7) is 2.62. The summed E-state index contributed by atoms with van der Waals surface area (Å²) in [6, 6.07) is 5.81. The molecule has 1 amide bonds. The number of furan rings is 1. The van der Waals surface area contributed by atoms with Gasteiger partial charge in [0.25, 0.3) is 0 Å². The lowest BCUT2D eigenvalue weighted by Crippen LogP contribution is -2.27. The second-order valence-electron chi connectivity index (χ2n) is 5.31. The van der Waals surface area contributed by atoms with Gasteiger partial charge in [-0.25, -0.2) is 0 Å². The molecular weight excluding hydrogens is 254 g/mol. The summed E-state index contributed by atoms with van der Waals surface area (Å²) >= 11 is 0. The third-order valence-corrected chi connectivity index (χ3v) is 3.82. The van der Waals surface area contributed by atoms with Crippen molar-refractivity contribution < 1.29 is 13.9 Å². The first kappa shape index (κ1) is 13.0. The van der Waals surface area contributed by atoms with Gasteiger partial charge in [-0.15, -0.1) is 0 Å². The van der Waals surface area contributed by atoms with E-state index in [0.717, 1.165) is 47.3 Å². The predicted molar refractivity (Wildman–Crippen MR) is 76.9 cm³/mol. The molecule has 106 valence electrons. The van der Waals surface area contributed by atoms with Crippen molar-refractivity contribution in [1.29, 1.82) is 0 Å². The maximum absolute atomic E-state index is 11.6. The Bertz CT molecular complexity index is 640. The molecule has 0 spiro atoms. The van der Waals surface area contributed by atoms with Crippen LogP contribution in [0.3, 0.4) is 0 Å². The number of hydrogen-bond donors (Lipinski definition) is 1. The number of ether oxygens (including phenoxy) is 1. The van der Waals surface area contributed by atoms with Gasteiger partial charge in [0.1, 0.15) is 17.1 Å². The summed E-state index contributed by atoms with van der Waals surface area (Å²) in [5, 5.41) is 4.06. The molecule has 1 saturated carbocycles. The Balaban J connectivity index is 1.75. The molecule has 0 aliphatic heterocycles. The Labute approximate surface area is 118 Å². The number of amides is 1. The molecule has 1 N–H and O–H groups in total. The van der Waals surface area contributed by atoms with Gasteiger partial charge in [-0.1, -0.05) is 0 Å². The van der Waals surface area contributed by atoms with Crippen molar-refractivity contribution in [2.45, 2.75) is 26.2 Å². The fraction of sp³-hybridized carbons (Fsp3) is 0.438. The molecule has 2 aromatic rings. The maximum Gasteiger partial charge on any atom is 0.223 e. The molecule has 0 saturated heterocycles. The molecular formula is C16H19NO3. The molecule has 0 unspecified atom stereocenters. The van der Waals surface area contributed by atoms with Crippen molar-refractivity contribution >= 4 is 16.9 Å². The molecule has 20 heavy (non-hydrogen) atoms. The van der Waals surface area contributed by atoms with Gasteiger partial charge >= 0.3 is 0 Å². The summed E-state index contributed by atoms with van der Waals surface area (Å²) in [5.41, 5.74) is 2.02. The molecule has 1 aliphatic rings. The van der Waals surface area contributed by atoms with Gasteiger partial charge in [-0.05, 0) is 44.4 Å². The van der Waals surface area contributed by atoms with Crippen LogP contribution in [0.4, 0.5) is 0 Å². The first-order valence-corrected chi connectivity index (χ1v) is 7.03. The third kappa shape index (κ3) is 2.50. The summed E-state index contributed by atoms with van der Waals surface area (Å²) < 4.78 is 11.0. The van der Waals surface area contributed by atoms with Crippen LogP contribution in [0.15, 0.2) is 22.6 Å². The largest absolute Gasteiger partial charge is 0.497 e. The van der Waals surface area contributed by atoms with E-state index in [0.29, 0.717) is 6.54 Å². The summed E-state index contributed by atoms with van der Waals surface area (Å²) in [6.07, 6.45) is 2.86. The van der Waals surface area contributed by atoms with Crippen LogP contribution in [0.1, 0.15) is 24.2 Å². The first-order chi connectivity index (χ1) is 9.69. The van der Waals surface area contributed by atoms with Crippen LogP contribution in [0.25, 0.3) is 11.0 Å². The molecule has 1 aromatic carbocycles. The Morgan fingerprint density at radius 3 is 2.95 bits per heavy atom. The zero-order chi connectivity index (χ0) is 14.1. The Kier molecular flexibility index (Phi) is 3.38. The highest BCUT2D eigenvalue weighted by Gasteiger charge is 2.29. The van der Waals surface area contributed by atoms with Crippen LogP contribution in [-0.2, 0) is 11.2 Å². The molecule has 1 aromatic heterocycles. The summed E-state index contributed by atoms with van der Waals surface area (Å²) in [4.78, 5) is 11.6. The highest BCUT2D eigenvalue weighted by molar-refractivity contribution is 5.84. The van der Waals surface area contributed by atoms with E-state index in [4.69, 9.17) is 9.15 Å². The standard InChI is InChI=1S/C16H19NO3/c1-10-13(7-8-17-16(18)11-3-4-11)14-9-12(19-2)5-6-15(14)20-10/h5-6,9,11H,3-4,7-8H2,1-2H3,(H,17,18). The van der Waals surface area contributed by atoms with E-state index in [2.05, 4.69) is 5.32 Å². The molecule has 4 nitrogen and oxygen atoms in total. The van der Waals surface area contributed by atoms with E-state index in [-0.39, 0.29) is 11.8 Å². The topological polar surface area (TPSA) is 51.5 Å². The summed E-state index contributed by atoms with van der Waals surface area (Å²) in [7, 11) is 1.66. The van der Waals surface area contributed by atoms with Gasteiger partial charge in [0.05, 0.1) is 7.11 Å². The third-order valence-electron chi connectivity index (χ3n) is 3.82. The van der Waals surface area contributed by atoms with Gasteiger partial charge in [-0.2, -0.15) is 0 Å². The average Bonchev–Trinajstić information content (AvgIpc) is 3.24. The second-order valence-corrected chi connectivity index (χ2v) is 5.31. The lowest BCUT2D eigenvalue weighted by molar-refractivity contribution is -0.122. The fourth-order valence-electron chi connectivity index (χ4n) is 2.49. The van der Waals surface area contributed by atoms with E-state index in [1.807, 2.05) is 25.1 Å². The zero-order valence-corrected chi connectivity index (χ0v) is 11.9. The predicted octanol–water partition coefficient (Wildman–Crippen LogP) is 2.82. The summed E-state index contributed by atoms with van der Waals surface area (Å²) in [5.74, 6) is 2.18. The number of rotatable bonds is 5. The highest BCUT2D eigenvalue weighted by Crippen LogP contribution is 2.30. The van der Waals surface area contributed by atoms with Gasteiger partial charge in [0.15, 0.2) is 0 Å². The van der Waals surface area contributed by atoms with Crippen LogP contribution in [0, 0.1) is 12.8 Å². The quantitative estimate of drug-likeness (QED) is 0.911. The minimum absolute atomic E-state index is 0.188.